The first-order valence-electron chi connectivity index (χ1n) is 8.30. The molecule has 3 atom stereocenters. The molecule has 0 bridgehead atoms. The van der Waals surface area contributed by atoms with E-state index in [1.807, 2.05) is 0 Å². The summed E-state index contributed by atoms with van der Waals surface area (Å²) in [6.45, 7) is 1.07. The van der Waals surface area contributed by atoms with Gasteiger partial charge in [-0.3, -0.25) is 4.79 Å². The number of ether oxygens (including phenoxy) is 1. The maximum absolute atomic E-state index is 14.6. The highest BCUT2D eigenvalue weighted by molar-refractivity contribution is 7.90. The molecule has 150 valence electrons. The van der Waals surface area contributed by atoms with Gasteiger partial charge in [-0.2, -0.15) is 0 Å². The number of esters is 1. The van der Waals surface area contributed by atoms with Gasteiger partial charge in [0.2, 0.25) is 0 Å². The van der Waals surface area contributed by atoms with Crippen molar-refractivity contribution in [1.29, 1.82) is 0 Å². The normalized spacial score (nSPS) is 19.9. The number of halogens is 3. The molecule has 0 unspecified atom stereocenters. The van der Waals surface area contributed by atoms with Crippen molar-refractivity contribution >= 4 is 15.8 Å². The summed E-state index contributed by atoms with van der Waals surface area (Å²) in [6, 6.07) is 4.93. The first-order chi connectivity index (χ1) is 13.0. The predicted octanol–water partition coefficient (Wildman–Crippen LogP) is 2.95. The van der Waals surface area contributed by atoms with Crippen LogP contribution in [0.25, 0.3) is 0 Å². The van der Waals surface area contributed by atoms with Crippen LogP contribution in [0.1, 0.15) is 41.4 Å². The fraction of sp³-hybridized carbons (Fsp3) is 0.316. The van der Waals surface area contributed by atoms with Crippen LogP contribution in [0.15, 0.2) is 35.2 Å². The molecule has 0 radical (unpaired) electrons. The summed E-state index contributed by atoms with van der Waals surface area (Å²) in [7, 11) is -3.80. The van der Waals surface area contributed by atoms with Gasteiger partial charge in [-0.05, 0) is 34.9 Å². The Kier molecular flexibility index (Phi) is 5.24. The van der Waals surface area contributed by atoms with Gasteiger partial charge >= 0.3 is 5.97 Å². The average molecular weight is 414 g/mol. The third-order valence-corrected chi connectivity index (χ3v) is 5.71. The molecule has 0 saturated carbocycles. The van der Waals surface area contributed by atoms with E-state index in [1.165, 1.54) is 6.07 Å². The molecule has 0 amide bonds. The Bertz CT molecular complexity index is 1030. The summed E-state index contributed by atoms with van der Waals surface area (Å²) in [5.41, 5.74) is 0.0559. The minimum atomic E-state index is -3.80. The lowest BCUT2D eigenvalue weighted by molar-refractivity contribution is -0.149. The van der Waals surface area contributed by atoms with Crippen LogP contribution < -0.4 is 0 Å². The van der Waals surface area contributed by atoms with Crippen molar-refractivity contribution in [3.8, 4) is 0 Å². The molecule has 0 heterocycles. The number of rotatable bonds is 4. The van der Waals surface area contributed by atoms with Crippen molar-refractivity contribution in [2.75, 3.05) is 6.26 Å². The lowest BCUT2D eigenvalue weighted by atomic mass is 9.94. The number of hydrogen-bond acceptors (Lipinski definition) is 5. The summed E-state index contributed by atoms with van der Waals surface area (Å²) in [6.07, 6.45) is -4.10. The lowest BCUT2D eigenvalue weighted by Gasteiger charge is -2.20. The highest BCUT2D eigenvalue weighted by atomic mass is 32.2. The van der Waals surface area contributed by atoms with Crippen molar-refractivity contribution in [2.24, 2.45) is 0 Å². The van der Waals surface area contributed by atoms with Gasteiger partial charge in [-0.25, -0.2) is 21.6 Å². The van der Waals surface area contributed by atoms with E-state index in [4.69, 9.17) is 4.74 Å². The quantitative estimate of drug-likeness (QED) is 0.778. The number of alkyl halides is 1. The molecular formula is C19H17F3O5S. The Balaban J connectivity index is 2.20. The monoisotopic (exact) mass is 414 g/mol. The zero-order valence-corrected chi connectivity index (χ0v) is 15.8. The Labute approximate surface area is 159 Å². The van der Waals surface area contributed by atoms with Gasteiger partial charge in [0.05, 0.1) is 4.90 Å². The van der Waals surface area contributed by atoms with Crippen molar-refractivity contribution in [1.82, 2.24) is 0 Å². The molecule has 2 aromatic carbocycles. The van der Waals surface area contributed by atoms with E-state index in [0.29, 0.717) is 6.07 Å². The molecule has 1 N–H and O–H groups in total. The van der Waals surface area contributed by atoms with E-state index < -0.39 is 45.8 Å². The first-order valence-corrected chi connectivity index (χ1v) is 10.2. The number of carbonyl (C=O) groups is 1. The van der Waals surface area contributed by atoms with Crippen LogP contribution in [0.5, 0.6) is 0 Å². The molecule has 3 rings (SSSR count). The van der Waals surface area contributed by atoms with Gasteiger partial charge in [0.25, 0.3) is 0 Å². The summed E-state index contributed by atoms with van der Waals surface area (Å²) in [5.74, 6) is -2.60. The Morgan fingerprint density at radius 2 is 1.82 bits per heavy atom. The van der Waals surface area contributed by atoms with Crippen molar-refractivity contribution in [3.63, 3.8) is 0 Å². The Hall–Kier alpha value is -2.39. The molecule has 28 heavy (non-hydrogen) atoms. The largest absolute Gasteiger partial charge is 0.454 e. The molecule has 5 nitrogen and oxygen atoms in total. The highest BCUT2D eigenvalue weighted by Gasteiger charge is 2.41. The maximum Gasteiger partial charge on any atom is 0.303 e. The Morgan fingerprint density at radius 3 is 2.36 bits per heavy atom. The minimum absolute atomic E-state index is 0.0568. The van der Waals surface area contributed by atoms with Gasteiger partial charge in [0.15, 0.2) is 15.9 Å². The average Bonchev–Trinajstić information content (AvgIpc) is 2.87. The van der Waals surface area contributed by atoms with Gasteiger partial charge in [0.1, 0.15) is 23.9 Å². The molecule has 0 fully saturated rings. The molecule has 0 aromatic heterocycles. The molecule has 0 aliphatic heterocycles. The van der Waals surface area contributed by atoms with Crippen LogP contribution in [0.4, 0.5) is 13.2 Å². The number of carbonyl (C=O) groups excluding carboxylic acids is 1. The van der Waals surface area contributed by atoms with Gasteiger partial charge in [-0.15, -0.1) is 0 Å². The number of aliphatic hydroxyl groups excluding tert-OH is 1. The minimum Gasteiger partial charge on any atom is -0.454 e. The van der Waals surface area contributed by atoms with Gasteiger partial charge in [0, 0.05) is 31.2 Å². The second-order valence-corrected chi connectivity index (χ2v) is 8.66. The van der Waals surface area contributed by atoms with E-state index in [9.17, 15) is 31.5 Å². The smallest absolute Gasteiger partial charge is 0.303 e. The topological polar surface area (TPSA) is 80.7 Å². The number of sulfone groups is 1. The van der Waals surface area contributed by atoms with Gasteiger partial charge in [-0.1, -0.05) is 6.07 Å². The van der Waals surface area contributed by atoms with E-state index in [2.05, 4.69) is 0 Å². The molecule has 0 saturated heterocycles. The van der Waals surface area contributed by atoms with Crippen molar-refractivity contribution in [3.05, 3.63) is 64.2 Å². The second-order valence-electron chi connectivity index (χ2n) is 6.67. The standard InChI is InChI=1S/C19H17F3O5S/c1-9(23)27-19-15(22)8-14-13(3-4-16(17(14)19)28(2,25)26)18(24)10-5-11(20)7-12(21)6-10/h3-7,15,18-19,24H,8H2,1-2H3/t15-,18-,19-/m1/s1. The number of aliphatic hydroxyl groups is 1. The summed E-state index contributed by atoms with van der Waals surface area (Å²) in [4.78, 5) is 11.1. The first kappa shape index (κ1) is 20.3. The summed E-state index contributed by atoms with van der Waals surface area (Å²) >= 11 is 0. The lowest BCUT2D eigenvalue weighted by Crippen LogP contribution is -2.17. The molecule has 1 aliphatic carbocycles. The predicted molar refractivity (Wildman–Crippen MR) is 93.1 cm³/mol. The maximum atomic E-state index is 14.6. The number of fused-ring (bicyclic) bond motifs is 1. The molecular weight excluding hydrogens is 397 g/mol. The van der Waals surface area contributed by atoms with Crippen LogP contribution in [0.2, 0.25) is 0 Å². The van der Waals surface area contributed by atoms with E-state index in [1.54, 1.807) is 0 Å². The van der Waals surface area contributed by atoms with Gasteiger partial charge < -0.3 is 9.84 Å². The summed E-state index contributed by atoms with van der Waals surface area (Å²) in [5, 5.41) is 10.6. The van der Waals surface area contributed by atoms with Crippen LogP contribution >= 0.6 is 0 Å². The van der Waals surface area contributed by atoms with Crippen LogP contribution in [0.3, 0.4) is 0 Å². The van der Waals surface area contributed by atoms with Crippen LogP contribution in [-0.4, -0.2) is 31.9 Å². The molecule has 2 aromatic rings. The third-order valence-electron chi connectivity index (χ3n) is 4.55. The Morgan fingerprint density at radius 1 is 1.21 bits per heavy atom. The van der Waals surface area contributed by atoms with Crippen molar-refractivity contribution < 1.29 is 36.2 Å². The third kappa shape index (κ3) is 3.77. The summed E-state index contributed by atoms with van der Waals surface area (Å²) < 4.78 is 70.9. The zero-order chi connectivity index (χ0) is 20.8. The van der Waals surface area contributed by atoms with Crippen LogP contribution in [-0.2, 0) is 25.8 Å². The zero-order valence-electron chi connectivity index (χ0n) is 14.9. The fourth-order valence-electron chi connectivity index (χ4n) is 3.49. The van der Waals surface area contributed by atoms with E-state index in [0.717, 1.165) is 31.4 Å². The number of benzene rings is 2. The van der Waals surface area contributed by atoms with Crippen LogP contribution in [0, 0.1) is 11.6 Å². The van der Waals surface area contributed by atoms with Crippen molar-refractivity contribution in [2.45, 2.75) is 36.6 Å². The number of hydrogen-bond donors (Lipinski definition) is 1. The van der Waals surface area contributed by atoms with E-state index >= 15 is 0 Å². The molecule has 9 heteroatoms. The highest BCUT2D eigenvalue weighted by Crippen LogP contribution is 2.44. The second kappa shape index (κ2) is 7.21. The SMILES string of the molecule is CC(=O)O[C@H]1c2c(S(C)(=O)=O)ccc([C@H](O)c3cc(F)cc(F)c3)c2C[C@H]1F. The molecule has 1 aliphatic rings. The molecule has 0 spiro atoms. The van der Waals surface area contributed by atoms with E-state index in [-0.39, 0.29) is 33.6 Å². The fourth-order valence-corrected chi connectivity index (χ4v) is 4.44.